The molecule has 5 heteroatoms. The number of alkyl halides is 4. The van der Waals surface area contributed by atoms with E-state index >= 15 is 0 Å². The lowest BCUT2D eigenvalue weighted by molar-refractivity contribution is -0.138. The first-order chi connectivity index (χ1) is 6.91. The van der Waals surface area contributed by atoms with Gasteiger partial charge in [0, 0.05) is 16.8 Å². The average Bonchev–Trinajstić information content (AvgIpc) is 2.41. The summed E-state index contributed by atoms with van der Waals surface area (Å²) in [6, 6.07) is 3.71. The lowest BCUT2D eigenvalue weighted by atomic mass is 10.0. The monoisotopic (exact) mass is 278 g/mol. The summed E-state index contributed by atoms with van der Waals surface area (Å²) >= 11 is 3.10. The summed E-state index contributed by atoms with van der Waals surface area (Å²) in [5, 5.41) is 0. The fourth-order valence-corrected chi connectivity index (χ4v) is 2.56. The van der Waals surface area contributed by atoms with Crippen LogP contribution in [0.2, 0.25) is 0 Å². The van der Waals surface area contributed by atoms with Gasteiger partial charge in [-0.15, -0.1) is 0 Å². The van der Waals surface area contributed by atoms with Gasteiger partial charge in [-0.2, -0.15) is 13.2 Å². The zero-order valence-electron chi connectivity index (χ0n) is 7.44. The molecule has 1 unspecified atom stereocenters. The third-order valence-corrected chi connectivity index (χ3v) is 3.17. The molecule has 0 fully saturated rings. The smallest absolute Gasteiger partial charge is 0.294 e. The molecule has 0 amide bonds. The molecule has 1 aromatic rings. The predicted octanol–water partition coefficient (Wildman–Crippen LogP) is 3.73. The molecule has 0 saturated heterocycles. The average molecular weight is 279 g/mol. The second kappa shape index (κ2) is 3.33. The van der Waals surface area contributed by atoms with E-state index in [9.17, 15) is 18.0 Å². The topological polar surface area (TPSA) is 17.1 Å². The van der Waals surface area contributed by atoms with Gasteiger partial charge >= 0.3 is 6.18 Å². The van der Waals surface area contributed by atoms with E-state index in [1.165, 1.54) is 12.1 Å². The molecular weight excluding hydrogens is 273 g/mol. The highest BCUT2D eigenvalue weighted by molar-refractivity contribution is 9.09. The van der Waals surface area contributed by atoms with Gasteiger partial charge in [-0.1, -0.05) is 28.1 Å². The lowest BCUT2D eigenvalue weighted by Crippen LogP contribution is -2.09. The number of Topliss-reactive ketones (excluding diaryl/α,β-unsaturated/α-hetero) is 1. The van der Waals surface area contributed by atoms with Crippen molar-refractivity contribution >= 4 is 21.7 Å². The van der Waals surface area contributed by atoms with Crippen LogP contribution in [-0.2, 0) is 6.18 Å². The van der Waals surface area contributed by atoms with Crippen LogP contribution in [0.25, 0.3) is 0 Å². The van der Waals surface area contributed by atoms with Gasteiger partial charge in [0.1, 0.15) is 0 Å². The van der Waals surface area contributed by atoms with E-state index < -0.39 is 16.6 Å². The van der Waals surface area contributed by atoms with E-state index in [1.807, 2.05) is 0 Å². The van der Waals surface area contributed by atoms with Crippen molar-refractivity contribution in [3.63, 3.8) is 0 Å². The predicted molar refractivity (Wildman–Crippen MR) is 52.1 cm³/mol. The minimum absolute atomic E-state index is 0.0787. The molecule has 80 valence electrons. The van der Waals surface area contributed by atoms with Crippen LogP contribution in [0.4, 0.5) is 13.2 Å². The number of fused-ring (bicyclic) bond motifs is 1. The number of hydrogen-bond donors (Lipinski definition) is 0. The van der Waals surface area contributed by atoms with Crippen molar-refractivity contribution in [3.8, 4) is 0 Å². The molecule has 0 saturated carbocycles. The van der Waals surface area contributed by atoms with Gasteiger partial charge < -0.3 is 0 Å². The van der Waals surface area contributed by atoms with Crippen LogP contribution < -0.4 is 0 Å². The number of carbonyl (C=O) groups excluding carboxylic acids is 1. The van der Waals surface area contributed by atoms with Crippen molar-refractivity contribution < 1.29 is 18.0 Å². The second-order valence-electron chi connectivity index (χ2n) is 3.36. The Labute approximate surface area is 92.4 Å². The van der Waals surface area contributed by atoms with Crippen molar-refractivity contribution in [1.29, 1.82) is 0 Å². The van der Waals surface area contributed by atoms with E-state index in [0.29, 0.717) is 0 Å². The van der Waals surface area contributed by atoms with Crippen molar-refractivity contribution in [1.82, 2.24) is 0 Å². The first-order valence-corrected chi connectivity index (χ1v) is 5.20. The third-order valence-electron chi connectivity index (χ3n) is 2.39. The maximum absolute atomic E-state index is 12.6. The highest BCUT2D eigenvalue weighted by atomic mass is 79.9. The Balaban J connectivity index is 2.66. The number of hydrogen-bond acceptors (Lipinski definition) is 1. The SMILES string of the molecule is O=C1CC(Br)c2c1cccc2C(F)(F)F. The molecule has 1 aromatic carbocycles. The fraction of sp³-hybridized carbons (Fsp3) is 0.300. The molecule has 0 N–H and O–H groups in total. The highest BCUT2D eigenvalue weighted by Gasteiger charge is 2.39. The van der Waals surface area contributed by atoms with Gasteiger partial charge in [0.25, 0.3) is 0 Å². The van der Waals surface area contributed by atoms with Crippen molar-refractivity contribution in [2.45, 2.75) is 17.4 Å². The summed E-state index contributed by atoms with van der Waals surface area (Å²) in [6.07, 6.45) is -4.30. The van der Waals surface area contributed by atoms with E-state index in [4.69, 9.17) is 0 Å². The van der Waals surface area contributed by atoms with Crippen LogP contribution in [0, 0.1) is 0 Å². The molecule has 0 spiro atoms. The number of ketones is 1. The molecule has 1 aliphatic rings. The molecule has 0 aromatic heterocycles. The number of rotatable bonds is 0. The zero-order valence-corrected chi connectivity index (χ0v) is 9.02. The maximum Gasteiger partial charge on any atom is 0.416 e. The summed E-state index contributed by atoms with van der Waals surface area (Å²) in [4.78, 5) is 10.8. The van der Waals surface area contributed by atoms with Crippen molar-refractivity contribution in [2.75, 3.05) is 0 Å². The molecule has 1 atom stereocenters. The van der Waals surface area contributed by atoms with Gasteiger partial charge in [0.05, 0.1) is 5.56 Å². The Hall–Kier alpha value is -0.840. The quantitative estimate of drug-likeness (QED) is 0.661. The fourth-order valence-electron chi connectivity index (χ4n) is 1.77. The van der Waals surface area contributed by atoms with Crippen LogP contribution >= 0.6 is 15.9 Å². The molecule has 0 aliphatic heterocycles. The summed E-state index contributed by atoms with van der Waals surface area (Å²) in [5.41, 5.74) is -0.450. The maximum atomic E-state index is 12.6. The minimum Gasteiger partial charge on any atom is -0.294 e. The molecule has 1 aliphatic carbocycles. The summed E-state index contributed by atoms with van der Waals surface area (Å²) in [5.74, 6) is -0.238. The molecule has 0 heterocycles. The van der Waals surface area contributed by atoms with Crippen LogP contribution in [0.1, 0.15) is 32.7 Å². The highest BCUT2D eigenvalue weighted by Crippen LogP contribution is 2.44. The number of benzene rings is 1. The summed E-state index contributed by atoms with van der Waals surface area (Å²) in [7, 11) is 0. The van der Waals surface area contributed by atoms with Gasteiger partial charge in [-0.05, 0) is 11.6 Å². The van der Waals surface area contributed by atoms with Crippen LogP contribution in [0.5, 0.6) is 0 Å². The number of carbonyl (C=O) groups is 1. The Morgan fingerprint density at radius 1 is 1.33 bits per heavy atom. The minimum atomic E-state index is -4.40. The standard InChI is InChI=1S/C10H6BrF3O/c11-7-4-8(15)5-2-1-3-6(9(5)7)10(12,13)14/h1-3,7H,4H2. The Kier molecular flexibility index (Phi) is 2.37. The van der Waals surface area contributed by atoms with E-state index in [-0.39, 0.29) is 23.3 Å². The lowest BCUT2D eigenvalue weighted by Gasteiger charge is -2.13. The zero-order chi connectivity index (χ0) is 11.2. The van der Waals surface area contributed by atoms with Crippen LogP contribution in [-0.4, -0.2) is 5.78 Å². The molecule has 15 heavy (non-hydrogen) atoms. The van der Waals surface area contributed by atoms with Gasteiger partial charge in [0.2, 0.25) is 0 Å². The first kappa shape index (κ1) is 10.7. The second-order valence-corrected chi connectivity index (χ2v) is 4.46. The number of halogens is 4. The van der Waals surface area contributed by atoms with Gasteiger partial charge in [-0.3, -0.25) is 4.79 Å². The molecule has 2 rings (SSSR count). The first-order valence-electron chi connectivity index (χ1n) is 4.28. The van der Waals surface area contributed by atoms with E-state index in [2.05, 4.69) is 15.9 Å². The third kappa shape index (κ3) is 1.69. The Morgan fingerprint density at radius 2 is 2.00 bits per heavy atom. The summed E-state index contributed by atoms with van der Waals surface area (Å²) < 4.78 is 37.8. The molecule has 0 radical (unpaired) electrons. The largest absolute Gasteiger partial charge is 0.416 e. The molecule has 0 bridgehead atoms. The van der Waals surface area contributed by atoms with Crippen molar-refractivity contribution in [2.24, 2.45) is 0 Å². The Bertz CT molecular complexity index is 425. The Morgan fingerprint density at radius 3 is 2.60 bits per heavy atom. The van der Waals surface area contributed by atoms with Crippen LogP contribution in [0.15, 0.2) is 18.2 Å². The molecular formula is C10H6BrF3O. The normalized spacial score (nSPS) is 20.5. The van der Waals surface area contributed by atoms with Crippen LogP contribution in [0.3, 0.4) is 0 Å². The molecule has 1 nitrogen and oxygen atoms in total. The summed E-state index contributed by atoms with van der Waals surface area (Å²) in [6.45, 7) is 0. The van der Waals surface area contributed by atoms with Gasteiger partial charge in [0.15, 0.2) is 5.78 Å². The van der Waals surface area contributed by atoms with Crippen molar-refractivity contribution in [3.05, 3.63) is 34.9 Å². The van der Waals surface area contributed by atoms with E-state index in [1.54, 1.807) is 0 Å². The van der Waals surface area contributed by atoms with Gasteiger partial charge in [-0.25, -0.2) is 0 Å². The van der Waals surface area contributed by atoms with E-state index in [0.717, 1.165) is 6.07 Å².